The van der Waals surface area contributed by atoms with E-state index in [9.17, 15) is 54.0 Å². The predicted octanol–water partition coefficient (Wildman–Crippen LogP) is -3.15. The van der Waals surface area contributed by atoms with Crippen LogP contribution >= 0.6 is 15.6 Å². The monoisotopic (exact) mass is 786 g/mol. The van der Waals surface area contributed by atoms with Crippen molar-refractivity contribution in [1.82, 2.24) is 39.0 Å². The predicted molar refractivity (Wildman–Crippen MR) is 177 cm³/mol. The first-order chi connectivity index (χ1) is 24.9. The maximum atomic E-state index is 12.5. The van der Waals surface area contributed by atoms with Crippen molar-refractivity contribution in [2.75, 3.05) is 24.7 Å². The fourth-order valence-corrected chi connectivity index (χ4v) is 7.56. The number of aliphatic hydroxyl groups is 5. The second-order valence-electron chi connectivity index (χ2n) is 11.8. The number of rotatable bonds is 13. The fourth-order valence-electron chi connectivity index (χ4n) is 5.47. The SMILES string of the molecule is Cc1cc2nc3c(=O)[nH]c(=O)nc-3n(C[C@H](O)[C@H](O)[C@H](O)COP(=O)(O)OP(=O)(O)OC[C@H]3O[C@@H](n4cnc5c(N)ncnc54)[C@H](O)[C@@H]3O)c2cc1N. The molecule has 1 aromatic carbocycles. The van der Waals surface area contributed by atoms with Crippen molar-refractivity contribution in [2.45, 2.75) is 56.3 Å². The number of imidazole rings is 1. The maximum Gasteiger partial charge on any atom is 0.481 e. The number of aromatic amines is 1. The summed E-state index contributed by atoms with van der Waals surface area (Å²) in [7, 11) is -11.0. The molecule has 0 spiro atoms. The molecule has 0 aliphatic carbocycles. The second-order valence-corrected chi connectivity index (χ2v) is 14.9. The summed E-state index contributed by atoms with van der Waals surface area (Å²) in [5, 5.41) is 53.0. The van der Waals surface area contributed by atoms with Crippen molar-refractivity contribution in [2.24, 2.45) is 0 Å². The third-order valence-corrected chi connectivity index (χ3v) is 10.8. The topological polar surface area (TPSA) is 389 Å². The third-order valence-electron chi connectivity index (χ3n) is 8.17. The van der Waals surface area contributed by atoms with Gasteiger partial charge in [-0.15, -0.1) is 0 Å². The molecule has 0 saturated carbocycles. The summed E-state index contributed by atoms with van der Waals surface area (Å²) in [6, 6.07) is 2.95. The number of nitrogens with two attached hydrogens (primary N) is 2. The van der Waals surface area contributed by atoms with Gasteiger partial charge in [0.1, 0.15) is 48.5 Å². The van der Waals surface area contributed by atoms with E-state index < -0.39 is 89.5 Å². The molecule has 53 heavy (non-hydrogen) atoms. The van der Waals surface area contributed by atoms with Gasteiger partial charge in [-0.25, -0.2) is 33.9 Å². The summed E-state index contributed by atoms with van der Waals surface area (Å²) in [5.74, 6) is -0.272. The van der Waals surface area contributed by atoms with Gasteiger partial charge in [0.2, 0.25) is 0 Å². The molecule has 1 fully saturated rings. The van der Waals surface area contributed by atoms with Gasteiger partial charge >= 0.3 is 21.3 Å². The minimum absolute atomic E-state index is 0.0255. The zero-order chi connectivity index (χ0) is 38.6. The molecule has 286 valence electrons. The van der Waals surface area contributed by atoms with Crippen LogP contribution in [0.3, 0.4) is 0 Å². The Morgan fingerprint density at radius 1 is 1.00 bits per heavy atom. The van der Waals surface area contributed by atoms with Crippen LogP contribution in [0.5, 0.6) is 0 Å². The van der Waals surface area contributed by atoms with Crippen LogP contribution < -0.4 is 22.7 Å². The van der Waals surface area contributed by atoms with E-state index in [2.05, 4.69) is 33.8 Å². The number of phosphoric acid groups is 2. The molecular weight excluding hydrogens is 754 g/mol. The van der Waals surface area contributed by atoms with E-state index in [1.54, 1.807) is 6.92 Å². The summed E-state index contributed by atoms with van der Waals surface area (Å²) in [5.41, 5.74) is 11.1. The van der Waals surface area contributed by atoms with Gasteiger partial charge in [0.25, 0.3) is 5.56 Å². The molecular formula is C26H32N10O15P2. The number of aliphatic hydroxyl groups excluding tert-OH is 5. The largest absolute Gasteiger partial charge is 0.481 e. The van der Waals surface area contributed by atoms with Crippen molar-refractivity contribution < 1.29 is 62.5 Å². The van der Waals surface area contributed by atoms with Gasteiger partial charge in [0.15, 0.2) is 29.2 Å². The van der Waals surface area contributed by atoms with Crippen LogP contribution in [0.2, 0.25) is 0 Å². The summed E-state index contributed by atoms with van der Waals surface area (Å²) < 4.78 is 46.4. The number of phosphoric ester groups is 2. The van der Waals surface area contributed by atoms with Crippen molar-refractivity contribution in [3.8, 4) is 11.5 Å². The number of fused-ring (bicyclic) bond motifs is 3. The van der Waals surface area contributed by atoms with Gasteiger partial charge in [0.05, 0.1) is 37.1 Å². The number of nitrogen functional groups attached to an aromatic ring is 2. The van der Waals surface area contributed by atoms with Crippen molar-refractivity contribution in [3.63, 3.8) is 0 Å². The molecule has 2 unspecified atom stereocenters. The standard InChI is InChI=1S/C26H32N10O15P2/c1-9-2-11-12(3-10(9)27)35(23-17(32-11)24(42)34-26(43)33-23)4-13(37)18(39)14(38)5-48-52(44,45)51-53(46,47)49-6-15-19(40)20(41)25(50-15)36-8-31-16-21(28)29-7-30-22(16)36/h2-3,7-8,13-15,18-20,25,37-41H,4-6,27H2,1H3,(H,44,45)(H,46,47)(H2,28,29,30)(H,34,42,43)/t13-,14+,15+,18-,19+,20+,25+/m0/s1. The first-order valence-electron chi connectivity index (χ1n) is 15.2. The van der Waals surface area contributed by atoms with Gasteiger partial charge in [-0.05, 0) is 24.6 Å². The molecule has 9 atom stereocenters. The Morgan fingerprint density at radius 3 is 2.45 bits per heavy atom. The van der Waals surface area contributed by atoms with Crippen LogP contribution in [0.1, 0.15) is 11.8 Å². The van der Waals surface area contributed by atoms with Crippen molar-refractivity contribution in [3.05, 3.63) is 51.2 Å². The summed E-state index contributed by atoms with van der Waals surface area (Å²) in [6.07, 6.45) is -10.1. The smallest absolute Gasteiger partial charge is 0.398 e. The lowest BCUT2D eigenvalue weighted by Crippen LogP contribution is -2.42. The summed E-state index contributed by atoms with van der Waals surface area (Å²) in [6.45, 7) is -1.19. The van der Waals surface area contributed by atoms with E-state index in [0.29, 0.717) is 5.56 Å². The minimum atomic E-state index is -5.56. The van der Waals surface area contributed by atoms with Gasteiger partial charge in [0, 0.05) is 5.69 Å². The van der Waals surface area contributed by atoms with E-state index in [-0.39, 0.29) is 45.2 Å². The average Bonchev–Trinajstić information content (AvgIpc) is 3.63. The number of nitrogens with one attached hydrogen (secondary N) is 1. The molecule has 3 aliphatic heterocycles. The fraction of sp³-hybridized carbons (Fsp3) is 0.423. The highest BCUT2D eigenvalue weighted by atomic mass is 31.3. The number of nitrogens with zero attached hydrogens (tertiary/aromatic N) is 7. The lowest BCUT2D eigenvalue weighted by atomic mass is 10.1. The number of aryl methyl sites for hydroxylation is 1. The minimum Gasteiger partial charge on any atom is -0.398 e. The molecule has 0 radical (unpaired) electrons. The molecule has 3 aliphatic rings. The lowest BCUT2D eigenvalue weighted by Gasteiger charge is -2.26. The van der Waals surface area contributed by atoms with Crippen LogP contribution in [-0.4, -0.2) is 124 Å². The molecule has 0 amide bonds. The maximum absolute atomic E-state index is 12.5. The number of hydrogen-bond acceptors (Lipinski definition) is 20. The third kappa shape index (κ3) is 7.83. The van der Waals surface area contributed by atoms with Crippen LogP contribution in [-0.2, 0) is 33.8 Å². The normalized spacial score (nSPS) is 23.2. The number of H-pyrrole nitrogens is 1. The van der Waals surface area contributed by atoms with E-state index in [1.165, 1.54) is 23.0 Å². The molecule has 12 N–H and O–H groups in total. The Kier molecular flexibility index (Phi) is 10.5. The van der Waals surface area contributed by atoms with Gasteiger partial charge in [-0.1, -0.05) is 0 Å². The zero-order valence-electron chi connectivity index (χ0n) is 27.0. The zero-order valence-corrected chi connectivity index (χ0v) is 28.8. The van der Waals surface area contributed by atoms with Crippen LogP contribution in [0.25, 0.3) is 33.7 Å². The first kappa shape index (κ1) is 38.4. The summed E-state index contributed by atoms with van der Waals surface area (Å²) >= 11 is 0. The number of benzene rings is 1. The van der Waals surface area contributed by atoms with Crippen LogP contribution in [0.15, 0.2) is 34.4 Å². The highest BCUT2D eigenvalue weighted by Gasteiger charge is 2.46. The quantitative estimate of drug-likeness (QED) is 0.0320. The van der Waals surface area contributed by atoms with E-state index in [0.717, 1.165) is 10.9 Å². The Balaban J connectivity index is 1.07. The van der Waals surface area contributed by atoms with Gasteiger partial charge in [-0.2, -0.15) is 9.29 Å². The lowest BCUT2D eigenvalue weighted by molar-refractivity contribution is -0.0794. The number of hydrogen-bond donors (Lipinski definition) is 10. The van der Waals surface area contributed by atoms with Crippen LogP contribution in [0.4, 0.5) is 11.5 Å². The molecule has 5 heterocycles. The van der Waals surface area contributed by atoms with Crippen LogP contribution in [0, 0.1) is 6.92 Å². The number of anilines is 2. The van der Waals surface area contributed by atoms with Crippen molar-refractivity contribution >= 4 is 49.3 Å². The molecule has 27 heteroatoms. The second kappa shape index (κ2) is 14.5. The molecule has 3 aromatic rings. The highest BCUT2D eigenvalue weighted by molar-refractivity contribution is 7.61. The molecule has 1 saturated heterocycles. The Hall–Kier alpha value is -4.33. The number of ether oxygens (including phenoxy) is 1. The molecule has 0 bridgehead atoms. The summed E-state index contributed by atoms with van der Waals surface area (Å²) in [4.78, 5) is 66.4. The first-order valence-corrected chi connectivity index (χ1v) is 18.2. The van der Waals surface area contributed by atoms with Crippen molar-refractivity contribution in [1.29, 1.82) is 0 Å². The Labute approximate surface area is 294 Å². The Morgan fingerprint density at radius 2 is 1.72 bits per heavy atom. The van der Waals surface area contributed by atoms with Gasteiger partial charge < -0.3 is 56.1 Å². The Bertz CT molecular complexity index is 2360. The van der Waals surface area contributed by atoms with E-state index in [1.807, 2.05) is 4.98 Å². The average molecular weight is 787 g/mol. The van der Waals surface area contributed by atoms with Gasteiger partial charge in [-0.3, -0.25) is 23.4 Å². The highest BCUT2D eigenvalue weighted by Crippen LogP contribution is 2.60. The molecule has 2 aromatic heterocycles. The number of aromatic nitrogens is 8. The van der Waals surface area contributed by atoms with E-state index >= 15 is 0 Å². The van der Waals surface area contributed by atoms with E-state index in [4.69, 9.17) is 20.7 Å². The molecule has 6 rings (SSSR count). The molecule has 25 nitrogen and oxygen atoms in total.